The zero-order valence-corrected chi connectivity index (χ0v) is 16.9. The summed E-state index contributed by atoms with van der Waals surface area (Å²) in [5, 5.41) is 0. The fourth-order valence-corrected chi connectivity index (χ4v) is 2.82. The minimum atomic E-state index is -0.947. The number of aromatic amines is 1. The molecule has 3 aromatic rings. The number of likely N-dealkylation sites (N-methyl/N-ethyl adjacent to an activating group) is 2. The second kappa shape index (κ2) is 8.19. The van der Waals surface area contributed by atoms with Crippen molar-refractivity contribution in [1.29, 1.82) is 0 Å². The number of H-pyrrole nitrogens is 1. The fraction of sp³-hybridized carbons (Fsp3) is 0.421. The molecule has 0 radical (unpaired) electrons. The van der Waals surface area contributed by atoms with Gasteiger partial charge in [0.15, 0.2) is 5.65 Å². The number of nitrogens with one attached hydrogen (secondary N) is 1. The molecule has 2 aromatic heterocycles. The molecule has 9 nitrogen and oxygen atoms in total. The van der Waals surface area contributed by atoms with Crippen LogP contribution in [0.2, 0.25) is 0 Å². The van der Waals surface area contributed by atoms with Crippen molar-refractivity contribution < 1.29 is 0 Å². The van der Waals surface area contributed by atoms with Gasteiger partial charge in [-0.2, -0.15) is 0 Å². The largest absolute Gasteiger partial charge is 0.366 e. The Morgan fingerprint density at radius 3 is 2.57 bits per heavy atom. The number of hydrogen-bond donors (Lipinski definition) is 3. The van der Waals surface area contributed by atoms with Crippen molar-refractivity contribution in [2.45, 2.75) is 5.79 Å². The van der Waals surface area contributed by atoms with Crippen LogP contribution in [0.4, 0.5) is 5.69 Å². The molecule has 0 fully saturated rings. The predicted octanol–water partition coefficient (Wildman–Crippen LogP) is 0.521. The van der Waals surface area contributed by atoms with Gasteiger partial charge in [0.05, 0.1) is 12.7 Å². The maximum absolute atomic E-state index is 6.32. The van der Waals surface area contributed by atoms with Gasteiger partial charge in [0.2, 0.25) is 0 Å². The van der Waals surface area contributed by atoms with Crippen LogP contribution >= 0.6 is 0 Å². The quantitative estimate of drug-likeness (QED) is 0.482. The molecule has 0 saturated heterocycles. The Labute approximate surface area is 165 Å². The van der Waals surface area contributed by atoms with E-state index in [1.54, 1.807) is 6.20 Å². The number of aromatic nitrogens is 4. The number of benzene rings is 1. The maximum atomic E-state index is 6.32. The Hall–Kier alpha value is -2.59. The topological polar surface area (TPSA) is 116 Å². The lowest BCUT2D eigenvalue weighted by atomic mass is 10.1. The summed E-state index contributed by atoms with van der Waals surface area (Å²) >= 11 is 0. The fourth-order valence-electron chi connectivity index (χ4n) is 2.82. The summed E-state index contributed by atoms with van der Waals surface area (Å²) in [5.41, 5.74) is 16.1. The first-order chi connectivity index (χ1) is 13.3. The molecule has 0 atom stereocenters. The smallest absolute Gasteiger partial charge is 0.181 e. The summed E-state index contributed by atoms with van der Waals surface area (Å²) in [6, 6.07) is 8.18. The van der Waals surface area contributed by atoms with E-state index in [0.717, 1.165) is 35.7 Å². The van der Waals surface area contributed by atoms with Crippen LogP contribution in [-0.4, -0.2) is 83.3 Å². The maximum Gasteiger partial charge on any atom is 0.181 e. The number of rotatable bonds is 8. The third-order valence-corrected chi connectivity index (χ3v) is 4.74. The lowest BCUT2D eigenvalue weighted by molar-refractivity contribution is 0.170. The van der Waals surface area contributed by atoms with Crippen LogP contribution in [0.5, 0.6) is 0 Å². The molecule has 0 aliphatic carbocycles. The summed E-state index contributed by atoms with van der Waals surface area (Å²) in [6.45, 7) is 2.17. The molecule has 0 aliphatic heterocycles. The van der Waals surface area contributed by atoms with Gasteiger partial charge in [-0.15, -0.1) is 0 Å². The van der Waals surface area contributed by atoms with E-state index in [0.29, 0.717) is 12.2 Å². The predicted molar refractivity (Wildman–Crippen MR) is 113 cm³/mol. The van der Waals surface area contributed by atoms with Crippen molar-refractivity contribution in [3.8, 4) is 11.4 Å². The van der Waals surface area contributed by atoms with Gasteiger partial charge in [-0.05, 0) is 40.3 Å². The molecular weight excluding hydrogens is 354 g/mol. The highest BCUT2D eigenvalue weighted by Crippen LogP contribution is 2.25. The van der Waals surface area contributed by atoms with Gasteiger partial charge in [-0.25, -0.2) is 15.0 Å². The Bertz CT molecular complexity index is 883. The van der Waals surface area contributed by atoms with Gasteiger partial charge in [0.1, 0.15) is 23.5 Å². The van der Waals surface area contributed by atoms with Crippen LogP contribution < -0.4 is 16.4 Å². The Kier molecular flexibility index (Phi) is 5.90. The highest BCUT2D eigenvalue weighted by Gasteiger charge is 2.26. The number of imidazole rings is 1. The van der Waals surface area contributed by atoms with E-state index in [4.69, 9.17) is 11.5 Å². The molecule has 0 spiro atoms. The van der Waals surface area contributed by atoms with Crippen LogP contribution in [-0.2, 0) is 0 Å². The van der Waals surface area contributed by atoms with E-state index in [9.17, 15) is 0 Å². The van der Waals surface area contributed by atoms with Crippen molar-refractivity contribution >= 4 is 16.9 Å². The van der Waals surface area contributed by atoms with E-state index in [1.165, 1.54) is 6.33 Å². The van der Waals surface area contributed by atoms with Crippen molar-refractivity contribution in [2.75, 3.05) is 52.7 Å². The zero-order valence-electron chi connectivity index (χ0n) is 16.9. The Morgan fingerprint density at radius 1 is 1.11 bits per heavy atom. The summed E-state index contributed by atoms with van der Waals surface area (Å²) in [7, 11) is 7.87. The van der Waals surface area contributed by atoms with Crippen molar-refractivity contribution in [3.05, 3.63) is 36.8 Å². The first-order valence-corrected chi connectivity index (χ1v) is 9.17. The zero-order chi connectivity index (χ0) is 20.3. The lowest BCUT2D eigenvalue weighted by Crippen LogP contribution is -2.66. The first kappa shape index (κ1) is 20.2. The highest BCUT2D eigenvalue weighted by molar-refractivity contribution is 5.75. The van der Waals surface area contributed by atoms with E-state index >= 15 is 0 Å². The second-order valence-electron chi connectivity index (χ2n) is 7.51. The van der Waals surface area contributed by atoms with E-state index in [-0.39, 0.29) is 0 Å². The van der Waals surface area contributed by atoms with Gasteiger partial charge in [0, 0.05) is 24.3 Å². The van der Waals surface area contributed by atoms with Crippen molar-refractivity contribution in [2.24, 2.45) is 11.5 Å². The molecule has 2 heterocycles. The van der Waals surface area contributed by atoms with Gasteiger partial charge in [-0.3, -0.25) is 16.4 Å². The van der Waals surface area contributed by atoms with Crippen LogP contribution in [0.25, 0.3) is 22.6 Å². The molecule has 3 rings (SSSR count). The van der Waals surface area contributed by atoms with Gasteiger partial charge in [-0.1, -0.05) is 12.1 Å². The van der Waals surface area contributed by atoms with Crippen molar-refractivity contribution in [3.63, 3.8) is 0 Å². The number of nitrogens with zero attached hydrogens (tertiary/aromatic N) is 6. The van der Waals surface area contributed by atoms with Crippen LogP contribution in [0.3, 0.4) is 0 Å². The van der Waals surface area contributed by atoms with E-state index < -0.39 is 5.79 Å². The summed E-state index contributed by atoms with van der Waals surface area (Å²) in [6.07, 6.45) is 3.22. The molecule has 150 valence electrons. The van der Waals surface area contributed by atoms with Crippen LogP contribution in [0.15, 0.2) is 36.8 Å². The normalized spacial score (nSPS) is 12.3. The molecule has 0 saturated carbocycles. The molecule has 1 aromatic carbocycles. The molecule has 9 heteroatoms. The third kappa shape index (κ3) is 4.63. The lowest BCUT2D eigenvalue weighted by Gasteiger charge is -2.38. The summed E-state index contributed by atoms with van der Waals surface area (Å²) in [5.74, 6) is -0.193. The van der Waals surface area contributed by atoms with Gasteiger partial charge < -0.3 is 14.8 Å². The third-order valence-electron chi connectivity index (χ3n) is 4.74. The van der Waals surface area contributed by atoms with Gasteiger partial charge >= 0.3 is 0 Å². The minimum Gasteiger partial charge on any atom is -0.366 e. The van der Waals surface area contributed by atoms with E-state index in [2.05, 4.69) is 41.9 Å². The highest BCUT2D eigenvalue weighted by atomic mass is 15.4. The monoisotopic (exact) mass is 383 g/mol. The summed E-state index contributed by atoms with van der Waals surface area (Å²) < 4.78 is 0. The minimum absolute atomic E-state index is 0.489. The molecule has 5 N–H and O–H groups in total. The van der Waals surface area contributed by atoms with Crippen LogP contribution in [0, 0.1) is 0 Å². The Morgan fingerprint density at radius 2 is 1.89 bits per heavy atom. The Balaban J connectivity index is 1.92. The molecule has 0 unspecified atom stereocenters. The molecule has 28 heavy (non-hydrogen) atoms. The van der Waals surface area contributed by atoms with Gasteiger partial charge in [0.25, 0.3) is 0 Å². The molecule has 0 amide bonds. The summed E-state index contributed by atoms with van der Waals surface area (Å²) in [4.78, 5) is 22.2. The average molecular weight is 384 g/mol. The second-order valence-corrected chi connectivity index (χ2v) is 7.51. The molecule has 0 bridgehead atoms. The number of nitrogens with two attached hydrogens (primary N) is 2. The number of anilines is 1. The first-order valence-electron chi connectivity index (χ1n) is 9.17. The molecular formula is C19H29N9. The standard InChI is InChI=1S/C19H29N9/c1-26(2)8-9-28(12-19(20,21)27(3)4)15-7-5-6-14(10-15)17-24-16-11-22-13-23-18(16)25-17/h5-7,10-11,13H,8-9,12,20-21H2,1-4H3,(H,22,23,24,25). The van der Waals surface area contributed by atoms with Crippen LogP contribution in [0.1, 0.15) is 0 Å². The van der Waals surface area contributed by atoms with Crippen molar-refractivity contribution in [1.82, 2.24) is 29.7 Å². The average Bonchev–Trinajstić information content (AvgIpc) is 3.09. The number of fused-ring (bicyclic) bond motifs is 1. The number of hydrogen-bond acceptors (Lipinski definition) is 8. The molecule has 0 aliphatic rings. The van der Waals surface area contributed by atoms with E-state index in [1.807, 2.05) is 45.2 Å². The SMILES string of the molecule is CN(C)CCN(CC(N)(N)N(C)C)c1cccc(-c2nc3ncncc3[nH]2)c1.